The summed E-state index contributed by atoms with van der Waals surface area (Å²) in [7, 11) is 0. The monoisotopic (exact) mass is 419 g/mol. The fourth-order valence-electron chi connectivity index (χ4n) is 4.17. The molecule has 0 aliphatic heterocycles. The number of benzene rings is 2. The Kier molecular flexibility index (Phi) is 6.31. The van der Waals surface area contributed by atoms with Crippen LogP contribution in [0.4, 0.5) is 5.69 Å². The van der Waals surface area contributed by atoms with Crippen molar-refractivity contribution in [3.63, 3.8) is 0 Å². The van der Waals surface area contributed by atoms with Gasteiger partial charge in [-0.25, -0.2) is 0 Å². The van der Waals surface area contributed by atoms with Gasteiger partial charge >= 0.3 is 0 Å². The van der Waals surface area contributed by atoms with Crippen LogP contribution in [-0.2, 0) is 17.6 Å². The smallest absolute Gasteiger partial charge is 0.248 e. The first kappa shape index (κ1) is 21.0. The van der Waals surface area contributed by atoms with Crippen molar-refractivity contribution in [1.29, 1.82) is 0 Å². The number of para-hydroxylation sites is 2. The van der Waals surface area contributed by atoms with Crippen molar-refractivity contribution < 1.29 is 18.7 Å². The number of aryl methyl sites for hydroxylation is 2. The van der Waals surface area contributed by atoms with Gasteiger partial charge in [0.1, 0.15) is 22.8 Å². The molecule has 162 valence electrons. The Morgan fingerprint density at radius 1 is 1.06 bits per heavy atom. The van der Waals surface area contributed by atoms with E-state index in [1.807, 2.05) is 51.1 Å². The largest absolute Gasteiger partial charge is 0.493 e. The van der Waals surface area contributed by atoms with Gasteiger partial charge in [0, 0.05) is 35.1 Å². The molecule has 1 amide bonds. The SMILES string of the molecule is CCOc1ccccc1NC(=O)/C=C(\C)c1cc2c3c(oc2cc1OCC)CCCC3. The van der Waals surface area contributed by atoms with Gasteiger partial charge < -0.3 is 19.2 Å². The number of rotatable bonds is 7. The Morgan fingerprint density at radius 2 is 1.81 bits per heavy atom. The average Bonchev–Trinajstić information content (AvgIpc) is 3.12. The van der Waals surface area contributed by atoms with E-state index in [1.54, 1.807) is 6.08 Å². The van der Waals surface area contributed by atoms with Crippen LogP contribution in [0.15, 0.2) is 46.9 Å². The predicted molar refractivity (Wildman–Crippen MR) is 124 cm³/mol. The molecule has 0 saturated heterocycles. The lowest BCUT2D eigenvalue weighted by atomic mass is 9.94. The first-order chi connectivity index (χ1) is 15.1. The number of carbonyl (C=O) groups is 1. The lowest BCUT2D eigenvalue weighted by molar-refractivity contribution is -0.111. The van der Waals surface area contributed by atoms with Gasteiger partial charge in [0.05, 0.1) is 18.9 Å². The van der Waals surface area contributed by atoms with Gasteiger partial charge in [-0.15, -0.1) is 0 Å². The number of fused-ring (bicyclic) bond motifs is 3. The fraction of sp³-hybridized carbons (Fsp3) is 0.346. The second-order valence-corrected chi connectivity index (χ2v) is 7.73. The number of amides is 1. The quantitative estimate of drug-likeness (QED) is 0.467. The zero-order valence-electron chi connectivity index (χ0n) is 18.4. The molecule has 0 bridgehead atoms. The summed E-state index contributed by atoms with van der Waals surface area (Å²) in [5.74, 6) is 2.28. The third-order valence-corrected chi connectivity index (χ3v) is 5.57. The summed E-state index contributed by atoms with van der Waals surface area (Å²) in [4.78, 5) is 12.8. The summed E-state index contributed by atoms with van der Waals surface area (Å²) in [5, 5.41) is 4.06. The van der Waals surface area contributed by atoms with Crippen molar-refractivity contribution in [2.75, 3.05) is 18.5 Å². The van der Waals surface area contributed by atoms with Crippen LogP contribution < -0.4 is 14.8 Å². The molecule has 31 heavy (non-hydrogen) atoms. The summed E-state index contributed by atoms with van der Waals surface area (Å²) < 4.78 is 17.6. The van der Waals surface area contributed by atoms with Gasteiger partial charge in [-0.1, -0.05) is 12.1 Å². The highest BCUT2D eigenvalue weighted by Crippen LogP contribution is 2.38. The molecule has 1 aliphatic carbocycles. The standard InChI is InChI=1S/C26H29NO4/c1-4-29-23-13-9-7-11-21(23)27-26(28)14-17(3)19-15-20-18-10-6-8-12-22(18)31-25(20)16-24(19)30-5-2/h7,9,11,13-16H,4-6,8,10,12H2,1-3H3,(H,27,28)/b17-14+. The Balaban J connectivity index is 1.67. The van der Waals surface area contributed by atoms with Crippen molar-refractivity contribution in [2.45, 2.75) is 46.5 Å². The van der Waals surface area contributed by atoms with Crippen molar-refractivity contribution >= 4 is 28.1 Å². The second kappa shape index (κ2) is 9.29. The van der Waals surface area contributed by atoms with Gasteiger partial charge in [0.15, 0.2) is 0 Å². The normalized spacial score (nSPS) is 13.7. The second-order valence-electron chi connectivity index (χ2n) is 7.73. The van der Waals surface area contributed by atoms with Crippen LogP contribution in [0.25, 0.3) is 16.5 Å². The number of anilines is 1. The van der Waals surface area contributed by atoms with Crippen molar-refractivity contribution in [3.05, 3.63) is 59.4 Å². The molecule has 1 heterocycles. The highest BCUT2D eigenvalue weighted by atomic mass is 16.5. The highest BCUT2D eigenvalue weighted by molar-refractivity contribution is 6.05. The van der Waals surface area contributed by atoms with Gasteiger partial charge in [0.25, 0.3) is 0 Å². The van der Waals surface area contributed by atoms with E-state index in [-0.39, 0.29) is 5.91 Å². The molecule has 2 aromatic carbocycles. The Morgan fingerprint density at radius 3 is 2.61 bits per heavy atom. The topological polar surface area (TPSA) is 60.7 Å². The minimum absolute atomic E-state index is 0.207. The first-order valence-electron chi connectivity index (χ1n) is 11.0. The van der Waals surface area contributed by atoms with Crippen LogP contribution in [-0.4, -0.2) is 19.1 Å². The summed E-state index contributed by atoms with van der Waals surface area (Å²) in [6.45, 7) is 6.89. The van der Waals surface area contributed by atoms with E-state index in [4.69, 9.17) is 13.9 Å². The number of ether oxygens (including phenoxy) is 2. The van der Waals surface area contributed by atoms with Crippen LogP contribution in [0.1, 0.15) is 50.5 Å². The molecule has 4 rings (SSSR count). The minimum Gasteiger partial charge on any atom is -0.493 e. The molecule has 3 aromatic rings. The van der Waals surface area contributed by atoms with E-state index < -0.39 is 0 Å². The van der Waals surface area contributed by atoms with Gasteiger partial charge in [-0.2, -0.15) is 0 Å². The molecular weight excluding hydrogens is 390 g/mol. The fourth-order valence-corrected chi connectivity index (χ4v) is 4.17. The van der Waals surface area contributed by atoms with E-state index in [9.17, 15) is 4.79 Å². The number of nitrogens with one attached hydrogen (secondary N) is 1. The number of hydrogen-bond donors (Lipinski definition) is 1. The van der Waals surface area contributed by atoms with E-state index in [2.05, 4.69) is 11.4 Å². The molecule has 0 saturated carbocycles. The molecule has 0 radical (unpaired) electrons. The molecule has 0 unspecified atom stereocenters. The molecule has 0 fully saturated rings. The van der Waals surface area contributed by atoms with Crippen LogP contribution in [0, 0.1) is 0 Å². The molecule has 5 heteroatoms. The summed E-state index contributed by atoms with van der Waals surface area (Å²) >= 11 is 0. The molecule has 1 aliphatic rings. The van der Waals surface area contributed by atoms with Crippen molar-refractivity contribution in [2.24, 2.45) is 0 Å². The molecule has 0 atom stereocenters. The molecule has 1 aromatic heterocycles. The van der Waals surface area contributed by atoms with Gasteiger partial charge in [-0.3, -0.25) is 4.79 Å². The van der Waals surface area contributed by atoms with Crippen LogP contribution in [0.2, 0.25) is 0 Å². The number of hydrogen-bond acceptors (Lipinski definition) is 4. The van der Waals surface area contributed by atoms with Gasteiger partial charge in [-0.05, 0) is 63.8 Å². The van der Waals surface area contributed by atoms with E-state index in [1.165, 1.54) is 18.4 Å². The number of furan rings is 1. The van der Waals surface area contributed by atoms with Crippen LogP contribution >= 0.6 is 0 Å². The molecular formula is C26H29NO4. The zero-order valence-corrected chi connectivity index (χ0v) is 18.4. The first-order valence-corrected chi connectivity index (χ1v) is 11.0. The maximum Gasteiger partial charge on any atom is 0.248 e. The summed E-state index contributed by atoms with van der Waals surface area (Å²) in [6.07, 6.45) is 5.98. The lowest BCUT2D eigenvalue weighted by Crippen LogP contribution is -2.10. The van der Waals surface area contributed by atoms with E-state index in [0.717, 1.165) is 46.5 Å². The number of allylic oxidation sites excluding steroid dienone is 1. The molecule has 0 spiro atoms. The maximum absolute atomic E-state index is 12.8. The summed E-state index contributed by atoms with van der Waals surface area (Å²) in [5.41, 5.74) is 4.57. The highest BCUT2D eigenvalue weighted by Gasteiger charge is 2.20. The Bertz CT molecular complexity index is 1130. The van der Waals surface area contributed by atoms with E-state index >= 15 is 0 Å². The minimum atomic E-state index is -0.207. The summed E-state index contributed by atoms with van der Waals surface area (Å²) in [6, 6.07) is 11.5. The molecule has 5 nitrogen and oxygen atoms in total. The van der Waals surface area contributed by atoms with Crippen molar-refractivity contribution in [1.82, 2.24) is 0 Å². The Hall–Kier alpha value is -3.21. The van der Waals surface area contributed by atoms with Crippen LogP contribution in [0.3, 0.4) is 0 Å². The zero-order chi connectivity index (χ0) is 21.8. The average molecular weight is 420 g/mol. The third kappa shape index (κ3) is 4.46. The molecule has 1 N–H and O–H groups in total. The van der Waals surface area contributed by atoms with E-state index in [0.29, 0.717) is 24.7 Å². The lowest BCUT2D eigenvalue weighted by Gasteiger charge is -2.13. The van der Waals surface area contributed by atoms with Crippen molar-refractivity contribution in [3.8, 4) is 11.5 Å². The predicted octanol–water partition coefficient (Wildman–Crippen LogP) is 6.15. The Labute approximate surface area is 183 Å². The maximum atomic E-state index is 12.8. The van der Waals surface area contributed by atoms with Crippen LogP contribution in [0.5, 0.6) is 11.5 Å². The third-order valence-electron chi connectivity index (χ3n) is 5.57. The number of carbonyl (C=O) groups excluding carboxylic acids is 1. The van der Waals surface area contributed by atoms with Gasteiger partial charge in [0.2, 0.25) is 5.91 Å².